The molecule has 0 saturated carbocycles. The summed E-state index contributed by atoms with van der Waals surface area (Å²) in [5, 5.41) is 8.49. The van der Waals surface area contributed by atoms with Crippen LogP contribution in [0.4, 0.5) is 5.69 Å². The normalized spacial score (nSPS) is 12.5. The molecule has 2 aromatic carbocycles. The molecule has 0 aromatic heterocycles. The van der Waals surface area contributed by atoms with E-state index < -0.39 is 16.0 Å². The van der Waals surface area contributed by atoms with Crippen molar-refractivity contribution >= 4 is 37.6 Å². The summed E-state index contributed by atoms with van der Waals surface area (Å²) < 4.78 is 29.0. The van der Waals surface area contributed by atoms with E-state index in [0.29, 0.717) is 10.2 Å². The van der Waals surface area contributed by atoms with Gasteiger partial charge in [0.15, 0.2) is 0 Å². The van der Waals surface area contributed by atoms with Gasteiger partial charge in [0, 0.05) is 10.5 Å². The summed E-state index contributed by atoms with van der Waals surface area (Å²) in [4.78, 5) is 11.7. The number of nitrogens with two attached hydrogens (primary N) is 1. The molecule has 6 nitrogen and oxygen atoms in total. The average Bonchev–Trinajstić information content (AvgIpc) is 2.59. The number of carbonyl (C=O) groups excluding carboxylic acids is 1. The molecule has 0 bridgehead atoms. The van der Waals surface area contributed by atoms with E-state index in [2.05, 4.69) is 26.0 Å². The molecule has 0 aliphatic carbocycles. The van der Waals surface area contributed by atoms with E-state index in [1.807, 2.05) is 37.3 Å². The van der Waals surface area contributed by atoms with Gasteiger partial charge < -0.3 is 10.1 Å². The van der Waals surface area contributed by atoms with E-state index >= 15 is 0 Å². The molecule has 0 saturated heterocycles. The molecule has 3 N–H and O–H groups in total. The van der Waals surface area contributed by atoms with Gasteiger partial charge >= 0.3 is 5.97 Å². The first kappa shape index (κ1) is 20.4. The van der Waals surface area contributed by atoms with Crippen molar-refractivity contribution in [1.29, 1.82) is 0 Å². The van der Waals surface area contributed by atoms with Crippen LogP contribution in [0.3, 0.4) is 0 Å². The van der Waals surface area contributed by atoms with Crippen LogP contribution in [0.5, 0.6) is 0 Å². The summed E-state index contributed by atoms with van der Waals surface area (Å²) >= 11 is 3.28. The second kappa shape index (κ2) is 8.66. The number of nitrogens with one attached hydrogen (secondary N) is 1. The van der Waals surface area contributed by atoms with Crippen molar-refractivity contribution in [2.24, 2.45) is 5.14 Å². The van der Waals surface area contributed by atoms with E-state index in [1.165, 1.54) is 24.8 Å². The Morgan fingerprint density at radius 1 is 1.27 bits per heavy atom. The first-order valence-corrected chi connectivity index (χ1v) is 10.3. The fourth-order valence-corrected chi connectivity index (χ4v) is 3.75. The van der Waals surface area contributed by atoms with Crippen molar-refractivity contribution in [3.8, 4) is 0 Å². The van der Waals surface area contributed by atoms with E-state index in [0.717, 1.165) is 12.8 Å². The number of esters is 1. The Kier molecular flexibility index (Phi) is 6.80. The Morgan fingerprint density at radius 3 is 2.50 bits per heavy atom. The molecular formula is C18H21BrN2O4S. The highest BCUT2D eigenvalue weighted by atomic mass is 79.9. The van der Waals surface area contributed by atoms with Crippen LogP contribution in [0.2, 0.25) is 0 Å². The number of rotatable bonds is 7. The Balaban J connectivity index is 2.24. The van der Waals surface area contributed by atoms with Crippen LogP contribution in [0, 0.1) is 0 Å². The van der Waals surface area contributed by atoms with E-state index in [-0.39, 0.29) is 16.5 Å². The summed E-state index contributed by atoms with van der Waals surface area (Å²) in [7, 11) is -2.79. The van der Waals surface area contributed by atoms with Crippen molar-refractivity contribution < 1.29 is 17.9 Å². The predicted octanol–water partition coefficient (Wildman–Crippen LogP) is 3.32. The van der Waals surface area contributed by atoms with E-state index in [4.69, 9.17) is 5.14 Å². The smallest absolute Gasteiger partial charge is 0.339 e. The minimum atomic E-state index is -4.02. The number of ether oxygens (including phenoxy) is 1. The molecule has 8 heteroatoms. The lowest BCUT2D eigenvalue weighted by Gasteiger charge is -2.19. The highest BCUT2D eigenvalue weighted by molar-refractivity contribution is 9.10. The van der Waals surface area contributed by atoms with Crippen LogP contribution in [0.15, 0.2) is 51.8 Å². The van der Waals surface area contributed by atoms with Crippen LogP contribution in [0.25, 0.3) is 0 Å². The molecule has 0 amide bonds. The van der Waals surface area contributed by atoms with Crippen molar-refractivity contribution in [1.82, 2.24) is 0 Å². The van der Waals surface area contributed by atoms with Gasteiger partial charge in [-0.3, -0.25) is 0 Å². The Morgan fingerprint density at radius 2 is 1.92 bits per heavy atom. The second-order valence-electron chi connectivity index (χ2n) is 5.93. The molecule has 0 aliphatic rings. The minimum Gasteiger partial charge on any atom is -0.465 e. The minimum absolute atomic E-state index is 0.00779. The van der Waals surface area contributed by atoms with Gasteiger partial charge in [-0.2, -0.15) is 0 Å². The lowest BCUT2D eigenvalue weighted by Crippen LogP contribution is -2.21. The first-order valence-electron chi connectivity index (χ1n) is 7.97. The number of benzene rings is 2. The van der Waals surface area contributed by atoms with Crippen LogP contribution >= 0.6 is 15.9 Å². The van der Waals surface area contributed by atoms with Crippen LogP contribution in [0.1, 0.15) is 29.3 Å². The van der Waals surface area contributed by atoms with E-state index in [9.17, 15) is 13.2 Å². The lowest BCUT2D eigenvalue weighted by atomic mass is 10.1. The van der Waals surface area contributed by atoms with Gasteiger partial charge in [-0.05, 0) is 53.4 Å². The van der Waals surface area contributed by atoms with Gasteiger partial charge in [0.05, 0.1) is 18.4 Å². The maximum absolute atomic E-state index is 12.0. The summed E-state index contributed by atoms with van der Waals surface area (Å²) in [6.45, 7) is 1.96. The summed E-state index contributed by atoms with van der Waals surface area (Å²) in [5.74, 6) is -0.648. The zero-order valence-corrected chi connectivity index (χ0v) is 16.9. The number of carbonyl (C=O) groups is 1. The number of hydrogen-bond donors (Lipinski definition) is 2. The number of sulfonamides is 1. The zero-order valence-electron chi connectivity index (χ0n) is 14.5. The molecular weight excluding hydrogens is 420 g/mol. The molecule has 0 fully saturated rings. The first-order chi connectivity index (χ1) is 12.2. The van der Waals surface area contributed by atoms with Gasteiger partial charge in [0.1, 0.15) is 4.90 Å². The topological polar surface area (TPSA) is 98.5 Å². The maximum atomic E-state index is 12.0. The molecule has 0 spiro atoms. The van der Waals surface area contributed by atoms with Gasteiger partial charge in [-0.15, -0.1) is 0 Å². The summed E-state index contributed by atoms with van der Waals surface area (Å²) in [6.07, 6.45) is 1.64. The molecule has 1 atom stereocenters. The number of methoxy groups -OCH3 is 1. The third-order valence-corrected chi connectivity index (χ3v) is 5.50. The van der Waals surface area contributed by atoms with Gasteiger partial charge in [-0.1, -0.05) is 30.3 Å². The number of aryl methyl sites for hydroxylation is 1. The number of halogens is 1. The Bertz CT molecular complexity index is 886. The highest BCUT2D eigenvalue weighted by Gasteiger charge is 2.21. The van der Waals surface area contributed by atoms with Gasteiger partial charge in [0.2, 0.25) is 10.0 Å². The number of hydrogen-bond acceptors (Lipinski definition) is 5. The molecule has 26 heavy (non-hydrogen) atoms. The molecule has 140 valence electrons. The van der Waals surface area contributed by atoms with Crippen LogP contribution < -0.4 is 10.5 Å². The van der Waals surface area contributed by atoms with Crippen molar-refractivity contribution in [3.05, 3.63) is 58.1 Å². The molecule has 0 radical (unpaired) electrons. The Labute approximate surface area is 161 Å². The molecule has 2 rings (SSSR count). The van der Waals surface area contributed by atoms with Crippen LogP contribution in [-0.2, 0) is 21.2 Å². The van der Waals surface area contributed by atoms with Crippen LogP contribution in [-0.4, -0.2) is 27.5 Å². The number of primary sulfonamides is 1. The third kappa shape index (κ3) is 5.30. The van der Waals surface area contributed by atoms with Gasteiger partial charge in [-0.25, -0.2) is 18.4 Å². The predicted molar refractivity (Wildman–Crippen MR) is 105 cm³/mol. The highest BCUT2D eigenvalue weighted by Crippen LogP contribution is 2.30. The summed E-state index contributed by atoms with van der Waals surface area (Å²) in [5.41, 5.74) is 1.64. The van der Waals surface area contributed by atoms with Crippen molar-refractivity contribution in [2.45, 2.75) is 30.7 Å². The maximum Gasteiger partial charge on any atom is 0.339 e. The van der Waals surface area contributed by atoms with Crippen molar-refractivity contribution in [3.63, 3.8) is 0 Å². The number of anilines is 1. The molecule has 2 aromatic rings. The van der Waals surface area contributed by atoms with E-state index in [1.54, 1.807) is 0 Å². The molecule has 0 aliphatic heterocycles. The SMILES string of the molecule is COC(=O)c1cc(S(N)(=O)=O)c(N[C@H](C)CCc2ccccc2)cc1Br. The lowest BCUT2D eigenvalue weighted by molar-refractivity contribution is 0.0599. The molecule has 0 heterocycles. The summed E-state index contributed by atoms with van der Waals surface area (Å²) in [6, 6.07) is 12.8. The molecule has 0 unspecified atom stereocenters. The quantitative estimate of drug-likeness (QED) is 0.643. The third-order valence-electron chi connectivity index (χ3n) is 3.89. The fraction of sp³-hybridized carbons (Fsp3) is 0.278. The van der Waals surface area contributed by atoms with Gasteiger partial charge in [0.25, 0.3) is 0 Å². The average molecular weight is 441 g/mol. The largest absolute Gasteiger partial charge is 0.465 e. The monoisotopic (exact) mass is 440 g/mol. The Hall–Kier alpha value is -1.90. The fourth-order valence-electron chi connectivity index (χ4n) is 2.53. The zero-order chi connectivity index (χ0) is 19.3. The standard InChI is InChI=1S/C18H21BrN2O4S/c1-12(8-9-13-6-4-3-5-7-13)21-16-11-15(19)14(18(22)25-2)10-17(16)26(20,23)24/h3-7,10-12,21H,8-9H2,1-2H3,(H2,20,23,24)/t12-/m1/s1. The van der Waals surface area contributed by atoms with Crippen molar-refractivity contribution in [2.75, 3.05) is 12.4 Å². The second-order valence-corrected chi connectivity index (χ2v) is 8.32.